The molecular weight excluding hydrogens is 368 g/mol. The van der Waals surface area contributed by atoms with Gasteiger partial charge in [-0.25, -0.2) is 15.0 Å². The fourth-order valence-electron chi connectivity index (χ4n) is 3.62. The Morgan fingerprint density at radius 2 is 2.07 bits per heavy atom. The van der Waals surface area contributed by atoms with Crippen molar-refractivity contribution in [3.05, 3.63) is 24.2 Å². The molecule has 3 saturated heterocycles. The number of nitrogen functional groups attached to an aromatic ring is 1. The lowest BCUT2D eigenvalue weighted by atomic mass is 9.97. The number of piperidine rings is 1. The highest BCUT2D eigenvalue weighted by Gasteiger charge is 2.35. The summed E-state index contributed by atoms with van der Waals surface area (Å²) in [5.41, 5.74) is 6.81. The zero-order chi connectivity index (χ0) is 19.8. The lowest BCUT2D eigenvalue weighted by Gasteiger charge is -2.45. The summed E-state index contributed by atoms with van der Waals surface area (Å²) in [7, 11) is 0. The number of hydrogen-bond acceptors (Lipinski definition) is 7. The lowest BCUT2D eigenvalue weighted by molar-refractivity contribution is -0.0494. The molecule has 3 fully saturated rings. The number of halogens is 2. The van der Waals surface area contributed by atoms with Crippen LogP contribution in [0.25, 0.3) is 11.3 Å². The Morgan fingerprint density at radius 1 is 1.25 bits per heavy atom. The topological polar surface area (TPSA) is 86.4 Å². The fraction of sp³-hybridized carbons (Fsp3) is 0.526. The van der Waals surface area contributed by atoms with E-state index in [-0.39, 0.29) is 29.6 Å². The first-order valence-electron chi connectivity index (χ1n) is 9.38. The summed E-state index contributed by atoms with van der Waals surface area (Å²) in [5, 5.41) is 0. The molecule has 2 atom stereocenters. The second-order valence-corrected chi connectivity index (χ2v) is 7.45. The molecule has 0 unspecified atom stereocenters. The molecule has 3 aliphatic rings. The molecule has 9 heteroatoms. The maximum atomic E-state index is 12.6. The molecule has 28 heavy (non-hydrogen) atoms. The number of morpholine rings is 1. The summed E-state index contributed by atoms with van der Waals surface area (Å²) in [5.74, 6) is 1.36. The molecule has 5 rings (SSSR count). The van der Waals surface area contributed by atoms with Crippen molar-refractivity contribution in [1.82, 2.24) is 15.0 Å². The number of anilines is 2. The molecule has 0 radical (unpaired) electrons. The molecule has 0 aliphatic carbocycles. The third-order valence-corrected chi connectivity index (χ3v) is 5.12. The van der Waals surface area contributed by atoms with Gasteiger partial charge < -0.3 is 20.1 Å². The summed E-state index contributed by atoms with van der Waals surface area (Å²) in [6, 6.07) is 3.59. The smallest absolute Gasteiger partial charge is 0.387 e. The quantitative estimate of drug-likeness (QED) is 0.837. The molecule has 5 heterocycles. The summed E-state index contributed by atoms with van der Waals surface area (Å²) in [4.78, 5) is 15.6. The molecular formula is C19H23F2N5O2. The second-order valence-electron chi connectivity index (χ2n) is 7.45. The highest BCUT2D eigenvalue weighted by molar-refractivity contribution is 5.66. The van der Waals surface area contributed by atoms with E-state index in [0.29, 0.717) is 23.7 Å². The van der Waals surface area contributed by atoms with Gasteiger partial charge in [0.2, 0.25) is 0 Å². The SMILES string of the molecule is CC(C)c1nc(-c2cnc(N)c(OC(F)F)c2)cc(N2C[C@@H]3CC[C@H]2CO3)n1. The van der Waals surface area contributed by atoms with E-state index >= 15 is 0 Å². The third kappa shape index (κ3) is 3.71. The van der Waals surface area contributed by atoms with E-state index in [0.717, 1.165) is 25.2 Å². The van der Waals surface area contributed by atoms with Crippen molar-refractivity contribution in [2.75, 3.05) is 23.8 Å². The Kier molecular flexibility index (Phi) is 5.01. The van der Waals surface area contributed by atoms with E-state index < -0.39 is 6.61 Å². The average Bonchev–Trinajstić information content (AvgIpc) is 2.69. The van der Waals surface area contributed by atoms with Crippen molar-refractivity contribution < 1.29 is 18.3 Å². The maximum Gasteiger partial charge on any atom is 0.387 e. The van der Waals surface area contributed by atoms with Gasteiger partial charge in [0.05, 0.1) is 24.4 Å². The molecule has 2 N–H and O–H groups in total. The Labute approximate surface area is 161 Å². The van der Waals surface area contributed by atoms with Gasteiger partial charge in [-0.1, -0.05) is 13.8 Å². The number of ether oxygens (including phenoxy) is 2. The highest BCUT2D eigenvalue weighted by atomic mass is 19.3. The summed E-state index contributed by atoms with van der Waals surface area (Å²) in [6.45, 7) is 2.53. The third-order valence-electron chi connectivity index (χ3n) is 5.12. The van der Waals surface area contributed by atoms with Crippen LogP contribution >= 0.6 is 0 Å². The minimum atomic E-state index is -2.98. The molecule has 0 saturated carbocycles. The van der Waals surface area contributed by atoms with E-state index in [1.807, 2.05) is 19.9 Å². The highest BCUT2D eigenvalue weighted by Crippen LogP contribution is 2.34. The Balaban J connectivity index is 1.74. The van der Waals surface area contributed by atoms with Crippen LogP contribution in [0.3, 0.4) is 0 Å². The largest absolute Gasteiger partial charge is 0.431 e. The normalized spacial score (nSPS) is 21.6. The molecule has 0 amide bonds. The number of rotatable bonds is 5. The van der Waals surface area contributed by atoms with Gasteiger partial charge in [-0.2, -0.15) is 8.78 Å². The predicted octanol–water partition coefficient (Wildman–Crippen LogP) is 3.21. The van der Waals surface area contributed by atoms with Crippen molar-refractivity contribution in [2.45, 2.75) is 51.4 Å². The van der Waals surface area contributed by atoms with Crippen LogP contribution in [-0.2, 0) is 4.74 Å². The number of aromatic nitrogens is 3. The van der Waals surface area contributed by atoms with Crippen molar-refractivity contribution >= 4 is 11.6 Å². The van der Waals surface area contributed by atoms with E-state index in [4.69, 9.17) is 15.5 Å². The molecule has 0 aromatic carbocycles. The van der Waals surface area contributed by atoms with E-state index in [1.54, 1.807) is 0 Å². The van der Waals surface area contributed by atoms with Crippen LogP contribution in [0.5, 0.6) is 5.75 Å². The number of fused-ring (bicyclic) bond motifs is 3. The molecule has 0 spiro atoms. The van der Waals surface area contributed by atoms with E-state index in [1.165, 1.54) is 12.3 Å². The van der Waals surface area contributed by atoms with Crippen molar-refractivity contribution in [1.29, 1.82) is 0 Å². The van der Waals surface area contributed by atoms with Gasteiger partial charge in [0.15, 0.2) is 11.6 Å². The first kappa shape index (κ1) is 18.8. The zero-order valence-corrected chi connectivity index (χ0v) is 15.8. The van der Waals surface area contributed by atoms with Crippen LogP contribution in [0.1, 0.15) is 38.4 Å². The zero-order valence-electron chi connectivity index (χ0n) is 15.8. The maximum absolute atomic E-state index is 12.6. The van der Waals surface area contributed by atoms with Gasteiger partial charge in [-0.15, -0.1) is 0 Å². The summed E-state index contributed by atoms with van der Waals surface area (Å²) in [6.07, 6.45) is 3.86. The van der Waals surface area contributed by atoms with Crippen LogP contribution in [-0.4, -0.2) is 46.9 Å². The van der Waals surface area contributed by atoms with Gasteiger partial charge in [0, 0.05) is 30.3 Å². The van der Waals surface area contributed by atoms with Crippen molar-refractivity contribution in [3.8, 4) is 17.0 Å². The van der Waals surface area contributed by atoms with Crippen LogP contribution < -0.4 is 15.4 Å². The molecule has 150 valence electrons. The van der Waals surface area contributed by atoms with Crippen LogP contribution in [0.2, 0.25) is 0 Å². The fourth-order valence-corrected chi connectivity index (χ4v) is 3.62. The number of hydrogen-bond donors (Lipinski definition) is 1. The molecule has 2 bridgehead atoms. The van der Waals surface area contributed by atoms with Crippen LogP contribution in [0, 0.1) is 0 Å². The van der Waals surface area contributed by atoms with Crippen LogP contribution in [0.15, 0.2) is 18.3 Å². The molecule has 7 nitrogen and oxygen atoms in total. The van der Waals surface area contributed by atoms with Gasteiger partial charge in [-0.3, -0.25) is 0 Å². The van der Waals surface area contributed by atoms with Gasteiger partial charge in [-0.05, 0) is 18.9 Å². The van der Waals surface area contributed by atoms with E-state index in [2.05, 4.69) is 19.6 Å². The van der Waals surface area contributed by atoms with Gasteiger partial charge in [0.1, 0.15) is 11.6 Å². The Bertz CT molecular complexity index is 856. The monoisotopic (exact) mass is 391 g/mol. The number of alkyl halides is 2. The average molecular weight is 391 g/mol. The molecule has 2 aromatic rings. The summed E-state index contributed by atoms with van der Waals surface area (Å²) >= 11 is 0. The lowest BCUT2D eigenvalue weighted by Crippen LogP contribution is -2.55. The van der Waals surface area contributed by atoms with Crippen molar-refractivity contribution in [2.24, 2.45) is 0 Å². The first-order chi connectivity index (χ1) is 13.4. The van der Waals surface area contributed by atoms with Gasteiger partial charge in [0.25, 0.3) is 0 Å². The minimum absolute atomic E-state index is 0.0899. The minimum Gasteiger partial charge on any atom is -0.431 e. The molecule has 2 aromatic heterocycles. The van der Waals surface area contributed by atoms with Crippen molar-refractivity contribution in [3.63, 3.8) is 0 Å². The Morgan fingerprint density at radius 3 is 2.68 bits per heavy atom. The number of nitrogens with zero attached hydrogens (tertiary/aromatic N) is 4. The standard InChI is InChI=1S/C19H23F2N5O2/c1-10(2)18-24-14(11-5-15(28-19(20)21)17(22)23-7-11)6-16(25-18)26-8-13-4-3-12(26)9-27-13/h5-7,10,12-13,19H,3-4,8-9H2,1-2H3,(H2,22,23)/t12-,13-/m0/s1. The summed E-state index contributed by atoms with van der Waals surface area (Å²) < 4.78 is 35.6. The van der Waals surface area contributed by atoms with Gasteiger partial charge >= 0.3 is 6.61 Å². The van der Waals surface area contributed by atoms with Crippen LogP contribution in [0.4, 0.5) is 20.4 Å². The second kappa shape index (κ2) is 7.46. The first-order valence-corrected chi connectivity index (χ1v) is 9.38. The predicted molar refractivity (Wildman–Crippen MR) is 101 cm³/mol. The van der Waals surface area contributed by atoms with E-state index in [9.17, 15) is 8.78 Å². The molecule has 3 aliphatic heterocycles. The number of nitrogens with two attached hydrogens (primary N) is 1. The Hall–Kier alpha value is -2.55. The number of pyridine rings is 1.